The monoisotopic (exact) mass is 438 g/mol. The summed E-state index contributed by atoms with van der Waals surface area (Å²) in [7, 11) is 1.63. The zero-order chi connectivity index (χ0) is 17.6. The van der Waals surface area contributed by atoms with Gasteiger partial charge in [-0.1, -0.05) is 23.7 Å². The fourth-order valence-electron chi connectivity index (χ4n) is 2.24. The molecule has 3 aromatic rings. The van der Waals surface area contributed by atoms with Crippen LogP contribution >= 0.6 is 38.9 Å². The molecule has 2 aromatic carbocycles. The minimum Gasteiger partial charge on any atom is -0.493 e. The van der Waals surface area contributed by atoms with E-state index in [0.29, 0.717) is 29.7 Å². The molecule has 130 valence electrons. The van der Waals surface area contributed by atoms with Gasteiger partial charge in [0.25, 0.3) is 0 Å². The van der Waals surface area contributed by atoms with Gasteiger partial charge in [0.1, 0.15) is 6.61 Å². The summed E-state index contributed by atoms with van der Waals surface area (Å²) in [6.45, 7) is 1.09. The van der Waals surface area contributed by atoms with Crippen molar-refractivity contribution in [1.29, 1.82) is 0 Å². The van der Waals surface area contributed by atoms with E-state index >= 15 is 0 Å². The van der Waals surface area contributed by atoms with Gasteiger partial charge in [-0.05, 0) is 51.3 Å². The van der Waals surface area contributed by atoms with Gasteiger partial charge in [-0.25, -0.2) is 4.98 Å². The SMILES string of the molecule is COc1cc(CNc2nccs2)cc(Br)c1OCc1ccc(Cl)cc1. The number of hydrogen-bond donors (Lipinski definition) is 1. The van der Waals surface area contributed by atoms with Crippen LogP contribution in [-0.2, 0) is 13.2 Å². The van der Waals surface area contributed by atoms with Gasteiger partial charge in [0.15, 0.2) is 16.6 Å². The number of aromatic nitrogens is 1. The highest BCUT2D eigenvalue weighted by Crippen LogP contribution is 2.37. The number of nitrogens with zero attached hydrogens (tertiary/aromatic N) is 1. The van der Waals surface area contributed by atoms with Crippen LogP contribution in [-0.4, -0.2) is 12.1 Å². The zero-order valence-electron chi connectivity index (χ0n) is 13.5. The van der Waals surface area contributed by atoms with Crippen LogP contribution in [0, 0.1) is 0 Å². The summed E-state index contributed by atoms with van der Waals surface area (Å²) in [4.78, 5) is 4.21. The first-order valence-electron chi connectivity index (χ1n) is 7.52. The Kier molecular flexibility index (Phi) is 6.18. The smallest absolute Gasteiger partial charge is 0.182 e. The van der Waals surface area contributed by atoms with Gasteiger partial charge in [0.05, 0.1) is 11.6 Å². The quantitative estimate of drug-likeness (QED) is 0.508. The molecule has 3 rings (SSSR count). The highest BCUT2D eigenvalue weighted by atomic mass is 79.9. The van der Waals surface area contributed by atoms with Crippen LogP contribution in [0.3, 0.4) is 0 Å². The number of hydrogen-bond acceptors (Lipinski definition) is 5. The molecule has 0 spiro atoms. The third-order valence-corrected chi connectivity index (χ3v) is 5.03. The zero-order valence-corrected chi connectivity index (χ0v) is 16.6. The van der Waals surface area contributed by atoms with E-state index in [-0.39, 0.29) is 0 Å². The molecule has 0 bridgehead atoms. The Labute approximate surface area is 163 Å². The maximum absolute atomic E-state index is 5.94. The topological polar surface area (TPSA) is 43.4 Å². The lowest BCUT2D eigenvalue weighted by atomic mass is 10.2. The summed E-state index contributed by atoms with van der Waals surface area (Å²) in [5.74, 6) is 1.36. The molecule has 1 N–H and O–H groups in total. The van der Waals surface area contributed by atoms with Crippen LogP contribution in [0.1, 0.15) is 11.1 Å². The van der Waals surface area contributed by atoms with Gasteiger partial charge in [0.2, 0.25) is 0 Å². The number of nitrogens with one attached hydrogen (secondary N) is 1. The lowest BCUT2D eigenvalue weighted by Gasteiger charge is -2.15. The van der Waals surface area contributed by atoms with Crippen molar-refractivity contribution in [3.63, 3.8) is 0 Å². The molecule has 4 nitrogen and oxygen atoms in total. The van der Waals surface area contributed by atoms with Gasteiger partial charge in [-0.15, -0.1) is 11.3 Å². The molecular weight excluding hydrogens is 424 g/mol. The second-order valence-electron chi connectivity index (χ2n) is 5.21. The predicted molar refractivity (Wildman–Crippen MR) is 106 cm³/mol. The van der Waals surface area contributed by atoms with Crippen molar-refractivity contribution in [2.75, 3.05) is 12.4 Å². The number of halogens is 2. The molecule has 0 fully saturated rings. The molecule has 1 aromatic heterocycles. The Bertz CT molecular complexity index is 826. The van der Waals surface area contributed by atoms with Crippen molar-refractivity contribution < 1.29 is 9.47 Å². The van der Waals surface area contributed by atoms with Gasteiger partial charge < -0.3 is 14.8 Å². The molecule has 0 aliphatic carbocycles. The first-order valence-corrected chi connectivity index (χ1v) is 9.58. The van der Waals surface area contributed by atoms with Crippen molar-refractivity contribution in [3.05, 3.63) is 68.6 Å². The summed E-state index contributed by atoms with van der Waals surface area (Å²) >= 11 is 11.1. The molecule has 25 heavy (non-hydrogen) atoms. The van der Waals surface area contributed by atoms with Gasteiger partial charge >= 0.3 is 0 Å². The van der Waals surface area contributed by atoms with Crippen molar-refractivity contribution in [2.45, 2.75) is 13.2 Å². The fourth-order valence-corrected chi connectivity index (χ4v) is 3.50. The molecule has 0 radical (unpaired) electrons. The molecule has 0 aliphatic heterocycles. The normalized spacial score (nSPS) is 10.5. The van der Waals surface area contributed by atoms with Crippen LogP contribution in [0.4, 0.5) is 5.13 Å². The van der Waals surface area contributed by atoms with Crippen LogP contribution in [0.25, 0.3) is 0 Å². The number of anilines is 1. The summed E-state index contributed by atoms with van der Waals surface area (Å²) in [6.07, 6.45) is 1.78. The molecule has 0 aliphatic rings. The second kappa shape index (κ2) is 8.56. The number of thiazole rings is 1. The number of rotatable bonds is 7. The van der Waals surface area contributed by atoms with E-state index in [0.717, 1.165) is 20.7 Å². The van der Waals surface area contributed by atoms with Crippen molar-refractivity contribution in [3.8, 4) is 11.5 Å². The Morgan fingerprint density at radius 1 is 1.20 bits per heavy atom. The second-order valence-corrected chi connectivity index (χ2v) is 7.40. The summed E-state index contributed by atoms with van der Waals surface area (Å²) in [5.41, 5.74) is 2.10. The highest BCUT2D eigenvalue weighted by molar-refractivity contribution is 9.10. The fraction of sp³-hybridized carbons (Fsp3) is 0.167. The maximum Gasteiger partial charge on any atom is 0.182 e. The molecular formula is C18H16BrClN2O2S. The first kappa shape index (κ1) is 18.0. The first-order chi connectivity index (χ1) is 12.2. The van der Waals surface area contributed by atoms with E-state index in [4.69, 9.17) is 21.1 Å². The molecule has 0 saturated heterocycles. The lowest BCUT2D eigenvalue weighted by molar-refractivity contribution is 0.282. The molecule has 0 unspecified atom stereocenters. The van der Waals surface area contributed by atoms with Gasteiger partial charge in [0, 0.05) is 23.1 Å². The lowest BCUT2D eigenvalue weighted by Crippen LogP contribution is -2.02. The minimum absolute atomic E-state index is 0.433. The molecule has 1 heterocycles. The third kappa shape index (κ3) is 4.87. The summed E-state index contributed by atoms with van der Waals surface area (Å²) < 4.78 is 12.3. The maximum atomic E-state index is 5.94. The molecule has 0 amide bonds. The van der Waals surface area contributed by atoms with Crippen LogP contribution < -0.4 is 14.8 Å². The Morgan fingerprint density at radius 3 is 2.68 bits per heavy atom. The number of benzene rings is 2. The van der Waals surface area contributed by atoms with Crippen molar-refractivity contribution in [2.24, 2.45) is 0 Å². The largest absolute Gasteiger partial charge is 0.493 e. The van der Waals surface area contributed by atoms with Crippen LogP contribution in [0.2, 0.25) is 5.02 Å². The van der Waals surface area contributed by atoms with Gasteiger partial charge in [-0.3, -0.25) is 0 Å². The predicted octanol–water partition coefficient (Wildman–Crippen LogP) is 5.76. The van der Waals surface area contributed by atoms with Crippen LogP contribution in [0.15, 0.2) is 52.4 Å². The minimum atomic E-state index is 0.433. The van der Waals surface area contributed by atoms with E-state index in [1.165, 1.54) is 0 Å². The van der Waals surface area contributed by atoms with Gasteiger partial charge in [-0.2, -0.15) is 0 Å². The number of methoxy groups -OCH3 is 1. The average molecular weight is 440 g/mol. The van der Waals surface area contributed by atoms with E-state index in [1.54, 1.807) is 24.6 Å². The molecule has 7 heteroatoms. The van der Waals surface area contributed by atoms with E-state index in [9.17, 15) is 0 Å². The standard InChI is InChI=1S/C18H16BrClN2O2S/c1-23-16-9-13(10-22-18-21-6-7-25-18)8-15(19)17(16)24-11-12-2-4-14(20)5-3-12/h2-9H,10-11H2,1H3,(H,21,22). The molecule has 0 saturated carbocycles. The molecule has 0 atom stereocenters. The Balaban J connectivity index is 1.71. The average Bonchev–Trinajstić information content (AvgIpc) is 3.13. The highest BCUT2D eigenvalue weighted by Gasteiger charge is 2.12. The van der Waals surface area contributed by atoms with Crippen LogP contribution in [0.5, 0.6) is 11.5 Å². The summed E-state index contributed by atoms with van der Waals surface area (Å²) in [6, 6.07) is 11.5. The summed E-state index contributed by atoms with van der Waals surface area (Å²) in [5, 5.41) is 6.81. The Morgan fingerprint density at radius 2 is 2.00 bits per heavy atom. The van der Waals surface area contributed by atoms with Crippen molar-refractivity contribution in [1.82, 2.24) is 4.98 Å². The third-order valence-electron chi connectivity index (χ3n) is 3.46. The van der Waals surface area contributed by atoms with E-state index < -0.39 is 0 Å². The van der Waals surface area contributed by atoms with E-state index in [2.05, 4.69) is 26.2 Å². The van der Waals surface area contributed by atoms with E-state index in [1.807, 2.05) is 41.8 Å². The Hall–Kier alpha value is -1.76. The number of ether oxygens (including phenoxy) is 2. The van der Waals surface area contributed by atoms with Crippen molar-refractivity contribution >= 4 is 44.0 Å².